The Kier molecular flexibility index (Phi) is 7.67. The van der Waals surface area contributed by atoms with Gasteiger partial charge in [-0.1, -0.05) is 44.9 Å². The summed E-state index contributed by atoms with van der Waals surface area (Å²) in [6, 6.07) is 4.65. The molecule has 0 aliphatic carbocycles. The number of amides is 1. The van der Waals surface area contributed by atoms with Gasteiger partial charge in [0.1, 0.15) is 23.0 Å². The fourth-order valence-corrected chi connectivity index (χ4v) is 2.64. The number of unbranched alkanes of at least 4 members (excludes halogenated alkanes) is 3. The van der Waals surface area contributed by atoms with Gasteiger partial charge in [0.05, 0.1) is 12.8 Å². The summed E-state index contributed by atoms with van der Waals surface area (Å²) >= 11 is 0. The van der Waals surface area contributed by atoms with E-state index in [1.807, 2.05) is 10.6 Å². The number of hydrogen-bond donors (Lipinski definition) is 2. The van der Waals surface area contributed by atoms with Crippen molar-refractivity contribution in [2.45, 2.75) is 39.2 Å². The Bertz CT molecular complexity index is 809. The number of carbonyl (C=O) groups excluding carboxylic acids is 1. The molecule has 1 aromatic carbocycles. The van der Waals surface area contributed by atoms with Gasteiger partial charge in [0.2, 0.25) is 0 Å². The molecule has 2 aromatic rings. The van der Waals surface area contributed by atoms with Crippen LogP contribution in [0, 0.1) is 0 Å². The molecule has 0 bridgehead atoms. The summed E-state index contributed by atoms with van der Waals surface area (Å²) in [4.78, 5) is 17.0. The number of carbonyl (C=O) groups is 1. The van der Waals surface area contributed by atoms with E-state index in [2.05, 4.69) is 23.8 Å². The summed E-state index contributed by atoms with van der Waals surface area (Å²) in [6.07, 6.45) is 11.5. The number of anilines is 1. The second-order valence-corrected chi connectivity index (χ2v) is 6.17. The van der Waals surface area contributed by atoms with Crippen molar-refractivity contribution in [1.29, 1.82) is 0 Å². The lowest BCUT2D eigenvalue weighted by molar-refractivity contribution is 0.102. The van der Waals surface area contributed by atoms with Crippen LogP contribution in [0.2, 0.25) is 0 Å². The molecular weight excluding hydrogens is 342 g/mol. The van der Waals surface area contributed by atoms with E-state index in [0.717, 1.165) is 19.4 Å². The number of methoxy groups -OCH3 is 1. The number of hydrogen-bond acceptors (Lipinski definition) is 4. The highest BCUT2D eigenvalue weighted by Crippen LogP contribution is 2.28. The molecule has 0 saturated heterocycles. The van der Waals surface area contributed by atoms with E-state index in [1.165, 1.54) is 26.0 Å². The lowest BCUT2D eigenvalue weighted by Crippen LogP contribution is -2.12. The highest BCUT2D eigenvalue weighted by molar-refractivity contribution is 6.03. The van der Waals surface area contributed by atoms with Gasteiger partial charge in [0.15, 0.2) is 0 Å². The maximum Gasteiger partial charge on any atom is 0.275 e. The molecule has 0 radical (unpaired) electrons. The molecule has 6 heteroatoms. The van der Waals surface area contributed by atoms with Crippen LogP contribution >= 0.6 is 0 Å². The molecule has 0 saturated carbocycles. The standard InChI is InChI=1S/C21H27N3O3/c1-4-6-8-9-13-24-15-18(22-20(24)10-7-5-2)21(26)23-17-14-16(27-3)11-12-19(17)25/h5,7,10-12,14-15,25H,2,4,6,8-9,13H2,1,3H3,(H,23,26)/b10-7+. The predicted octanol–water partition coefficient (Wildman–Crippen LogP) is 4.63. The van der Waals surface area contributed by atoms with E-state index in [1.54, 1.807) is 30.5 Å². The summed E-state index contributed by atoms with van der Waals surface area (Å²) in [7, 11) is 1.52. The number of ether oxygens (including phenoxy) is 1. The number of benzene rings is 1. The van der Waals surface area contributed by atoms with Crippen molar-refractivity contribution < 1.29 is 14.6 Å². The van der Waals surface area contributed by atoms with E-state index < -0.39 is 0 Å². The van der Waals surface area contributed by atoms with E-state index in [4.69, 9.17) is 4.74 Å². The van der Waals surface area contributed by atoms with Gasteiger partial charge in [-0.3, -0.25) is 4.79 Å². The van der Waals surface area contributed by atoms with E-state index >= 15 is 0 Å². The van der Waals surface area contributed by atoms with Crippen LogP contribution in [0.15, 0.2) is 43.1 Å². The van der Waals surface area contributed by atoms with Crippen LogP contribution in [-0.2, 0) is 6.54 Å². The summed E-state index contributed by atoms with van der Waals surface area (Å²) in [5, 5.41) is 12.6. The maximum absolute atomic E-state index is 12.6. The fourth-order valence-electron chi connectivity index (χ4n) is 2.64. The fraction of sp³-hybridized carbons (Fsp3) is 0.333. The van der Waals surface area contributed by atoms with Crippen molar-refractivity contribution in [1.82, 2.24) is 9.55 Å². The number of allylic oxidation sites excluding steroid dienone is 2. The second-order valence-electron chi connectivity index (χ2n) is 6.17. The molecule has 1 aromatic heterocycles. The minimum absolute atomic E-state index is 0.0325. The van der Waals surface area contributed by atoms with Crippen LogP contribution in [0.3, 0.4) is 0 Å². The number of rotatable bonds is 10. The first-order chi connectivity index (χ1) is 13.1. The summed E-state index contributed by atoms with van der Waals surface area (Å²) in [6.45, 7) is 6.64. The minimum Gasteiger partial charge on any atom is -0.506 e. The number of nitrogens with one attached hydrogen (secondary N) is 1. The zero-order chi connectivity index (χ0) is 19.6. The monoisotopic (exact) mass is 369 g/mol. The van der Waals surface area contributed by atoms with Gasteiger partial charge in [0.25, 0.3) is 5.91 Å². The maximum atomic E-state index is 12.6. The van der Waals surface area contributed by atoms with Gasteiger partial charge in [-0.25, -0.2) is 4.98 Å². The highest BCUT2D eigenvalue weighted by atomic mass is 16.5. The van der Waals surface area contributed by atoms with Gasteiger partial charge in [-0.2, -0.15) is 0 Å². The smallest absolute Gasteiger partial charge is 0.275 e. The molecule has 0 spiro atoms. The van der Waals surface area contributed by atoms with Gasteiger partial charge >= 0.3 is 0 Å². The second kappa shape index (κ2) is 10.2. The average molecular weight is 369 g/mol. The molecule has 0 fully saturated rings. The Morgan fingerprint density at radius 2 is 2.19 bits per heavy atom. The van der Waals surface area contributed by atoms with Crippen molar-refractivity contribution in [3.63, 3.8) is 0 Å². The quantitative estimate of drug-likeness (QED) is 0.364. The van der Waals surface area contributed by atoms with Crippen LogP contribution in [0.4, 0.5) is 5.69 Å². The Labute approximate surface area is 160 Å². The lowest BCUT2D eigenvalue weighted by Gasteiger charge is -2.08. The first kappa shape index (κ1) is 20.3. The normalized spacial score (nSPS) is 10.9. The van der Waals surface area contributed by atoms with Gasteiger partial charge < -0.3 is 19.7 Å². The van der Waals surface area contributed by atoms with Crippen LogP contribution < -0.4 is 10.1 Å². The number of phenols is 1. The molecule has 0 aliphatic rings. The highest BCUT2D eigenvalue weighted by Gasteiger charge is 2.15. The molecule has 1 heterocycles. The molecular formula is C21H27N3O3. The van der Waals surface area contributed by atoms with Gasteiger partial charge in [0, 0.05) is 18.8 Å². The molecule has 27 heavy (non-hydrogen) atoms. The van der Waals surface area contributed by atoms with Crippen LogP contribution in [0.1, 0.15) is 48.9 Å². The largest absolute Gasteiger partial charge is 0.506 e. The average Bonchev–Trinajstić information content (AvgIpc) is 3.08. The van der Waals surface area contributed by atoms with E-state index in [9.17, 15) is 9.90 Å². The Morgan fingerprint density at radius 1 is 1.37 bits per heavy atom. The molecule has 0 unspecified atom stereocenters. The number of nitrogens with zero attached hydrogens (tertiary/aromatic N) is 2. The number of imidazole rings is 1. The Balaban J connectivity index is 2.18. The molecule has 2 rings (SSSR count). The molecule has 1 amide bonds. The third kappa shape index (κ3) is 5.74. The number of aromatic hydroxyl groups is 1. The molecule has 2 N–H and O–H groups in total. The zero-order valence-corrected chi connectivity index (χ0v) is 15.9. The Morgan fingerprint density at radius 3 is 2.89 bits per heavy atom. The third-order valence-corrected chi connectivity index (χ3v) is 4.13. The van der Waals surface area contributed by atoms with E-state index in [-0.39, 0.29) is 23.0 Å². The van der Waals surface area contributed by atoms with Crippen LogP contribution in [0.25, 0.3) is 6.08 Å². The van der Waals surface area contributed by atoms with Crippen molar-refractivity contribution >= 4 is 17.7 Å². The molecule has 6 nitrogen and oxygen atoms in total. The predicted molar refractivity (Wildman–Crippen MR) is 108 cm³/mol. The first-order valence-corrected chi connectivity index (χ1v) is 9.13. The SMILES string of the molecule is C=C/C=C/c1nc(C(=O)Nc2cc(OC)ccc2O)cn1CCCCCC. The number of aromatic nitrogens is 2. The van der Waals surface area contributed by atoms with Crippen molar-refractivity contribution in [3.8, 4) is 11.5 Å². The summed E-state index contributed by atoms with van der Waals surface area (Å²) < 4.78 is 7.10. The topological polar surface area (TPSA) is 76.4 Å². The van der Waals surface area contributed by atoms with Gasteiger partial charge in [-0.05, 0) is 24.6 Å². The van der Waals surface area contributed by atoms with Crippen molar-refractivity contribution in [2.24, 2.45) is 0 Å². The van der Waals surface area contributed by atoms with E-state index in [0.29, 0.717) is 11.6 Å². The Hall–Kier alpha value is -3.02. The third-order valence-electron chi connectivity index (χ3n) is 4.13. The zero-order valence-electron chi connectivity index (χ0n) is 15.9. The van der Waals surface area contributed by atoms with Gasteiger partial charge in [-0.15, -0.1) is 0 Å². The number of phenolic OH excluding ortho intramolecular Hbond substituents is 1. The van der Waals surface area contributed by atoms with Crippen molar-refractivity contribution in [2.75, 3.05) is 12.4 Å². The van der Waals surface area contributed by atoms with Crippen LogP contribution in [0.5, 0.6) is 11.5 Å². The molecule has 0 atom stereocenters. The molecule has 0 aliphatic heterocycles. The minimum atomic E-state index is -0.390. The first-order valence-electron chi connectivity index (χ1n) is 9.13. The van der Waals surface area contributed by atoms with Crippen LogP contribution in [-0.4, -0.2) is 27.7 Å². The summed E-state index contributed by atoms with van der Waals surface area (Å²) in [5.41, 5.74) is 0.566. The van der Waals surface area contributed by atoms with Crippen molar-refractivity contribution in [3.05, 3.63) is 54.6 Å². The number of aryl methyl sites for hydroxylation is 1. The molecule has 144 valence electrons. The summed E-state index contributed by atoms with van der Waals surface area (Å²) in [5.74, 6) is 0.819. The lowest BCUT2D eigenvalue weighted by atomic mass is 10.2.